The van der Waals surface area contributed by atoms with Crippen LogP contribution in [0, 0.1) is 0 Å². The van der Waals surface area contributed by atoms with Crippen molar-refractivity contribution in [3.8, 4) is 5.75 Å². The zero-order valence-electron chi connectivity index (χ0n) is 26.4. The molecule has 6 rings (SSSR count). The van der Waals surface area contributed by atoms with Gasteiger partial charge in [-0.1, -0.05) is 42.5 Å². The molecule has 4 heterocycles. The van der Waals surface area contributed by atoms with Gasteiger partial charge in [0.15, 0.2) is 6.61 Å². The molecule has 0 spiro atoms. The molecule has 12 nitrogen and oxygen atoms in total. The highest BCUT2D eigenvalue weighted by molar-refractivity contribution is 5.96. The number of amides is 5. The minimum Gasteiger partial charge on any atom is -0.484 e. The standard InChI is InChI=1S/C34H43N5O7/c1-22-31(41)37-27(33(43)38-17-14-25(45-2)15-18-38)20-24-10-12-26(13-11-24)46-21-30(40)36-28(19-23-7-4-3-5-8-23)34(44)39-16-6-9-29(39)32(42)35-22/h3-5,7-8,10-13,22,25,27-29H,6,9,14-21H2,1-2H3,(H,35,42)(H,36,40)(H,37,41)/t22-,27-,28+,29+/m0/s1. The molecule has 2 aromatic rings. The van der Waals surface area contributed by atoms with Crippen LogP contribution in [0.1, 0.15) is 43.7 Å². The molecule has 246 valence electrons. The van der Waals surface area contributed by atoms with Crippen LogP contribution >= 0.6 is 0 Å². The number of benzene rings is 2. The molecule has 3 N–H and O–H groups in total. The molecule has 0 aliphatic carbocycles. The molecule has 0 saturated carbocycles. The van der Waals surface area contributed by atoms with Crippen molar-refractivity contribution in [3.05, 3.63) is 65.7 Å². The van der Waals surface area contributed by atoms with Gasteiger partial charge < -0.3 is 35.2 Å². The van der Waals surface area contributed by atoms with Crippen molar-refractivity contribution in [2.45, 2.75) is 75.7 Å². The zero-order chi connectivity index (χ0) is 32.6. The van der Waals surface area contributed by atoms with E-state index in [1.54, 1.807) is 43.2 Å². The molecular weight excluding hydrogens is 590 g/mol. The van der Waals surface area contributed by atoms with Gasteiger partial charge >= 0.3 is 0 Å². The van der Waals surface area contributed by atoms with Gasteiger partial charge in [0.1, 0.15) is 29.9 Å². The third-order valence-corrected chi connectivity index (χ3v) is 8.94. The van der Waals surface area contributed by atoms with Crippen LogP contribution < -0.4 is 20.7 Å². The summed E-state index contributed by atoms with van der Waals surface area (Å²) in [6, 6.07) is 12.8. The molecule has 4 atom stereocenters. The molecule has 0 aromatic heterocycles. The van der Waals surface area contributed by atoms with E-state index in [0.717, 1.165) is 11.1 Å². The minimum atomic E-state index is -0.961. The maximum absolute atomic E-state index is 13.9. The molecule has 0 unspecified atom stereocenters. The van der Waals surface area contributed by atoms with Gasteiger partial charge in [0.2, 0.25) is 23.6 Å². The lowest BCUT2D eigenvalue weighted by Gasteiger charge is -2.34. The summed E-state index contributed by atoms with van der Waals surface area (Å²) in [5.74, 6) is -1.57. The highest BCUT2D eigenvalue weighted by Crippen LogP contribution is 2.21. The Hall–Kier alpha value is -4.45. The van der Waals surface area contributed by atoms with E-state index in [2.05, 4.69) is 16.0 Å². The van der Waals surface area contributed by atoms with Crippen LogP contribution in [-0.4, -0.2) is 103 Å². The summed E-state index contributed by atoms with van der Waals surface area (Å²) in [5, 5.41) is 8.46. The van der Waals surface area contributed by atoms with E-state index in [1.165, 1.54) is 4.90 Å². The third kappa shape index (κ3) is 8.22. The van der Waals surface area contributed by atoms with Crippen LogP contribution in [0.4, 0.5) is 0 Å². The Bertz CT molecular complexity index is 1390. The lowest BCUT2D eigenvalue weighted by atomic mass is 10.0. The van der Waals surface area contributed by atoms with E-state index in [-0.39, 0.29) is 37.4 Å². The number of likely N-dealkylation sites (tertiary alicyclic amines) is 1. The molecule has 2 fully saturated rings. The lowest BCUT2D eigenvalue weighted by molar-refractivity contribution is -0.142. The molecule has 5 amide bonds. The number of methoxy groups -OCH3 is 1. The average molecular weight is 634 g/mol. The molecular formula is C34H43N5O7. The molecule has 4 aliphatic heterocycles. The number of hydrogen-bond donors (Lipinski definition) is 3. The number of piperidine rings is 1. The SMILES string of the molecule is COC1CCN(C(=O)[C@@H]2Cc3ccc(cc3)OCC(=O)N[C@H](Cc3ccccc3)C(=O)N3CCC[C@@H]3C(=O)N[C@@H](C)C(=O)N2)CC1. The molecule has 0 radical (unpaired) electrons. The van der Waals surface area contributed by atoms with Gasteiger partial charge in [-0.2, -0.15) is 0 Å². The van der Waals surface area contributed by atoms with Gasteiger partial charge in [0.05, 0.1) is 6.10 Å². The second-order valence-corrected chi connectivity index (χ2v) is 12.2. The predicted octanol–water partition coefficient (Wildman–Crippen LogP) is 0.967. The number of nitrogens with zero attached hydrogens (tertiary/aromatic N) is 2. The highest BCUT2D eigenvalue weighted by Gasteiger charge is 2.39. The summed E-state index contributed by atoms with van der Waals surface area (Å²) >= 11 is 0. The molecule has 4 aliphatic rings. The largest absolute Gasteiger partial charge is 0.484 e. The van der Waals surface area contributed by atoms with Crippen molar-refractivity contribution in [2.75, 3.05) is 33.4 Å². The van der Waals surface area contributed by atoms with E-state index in [0.29, 0.717) is 51.1 Å². The summed E-state index contributed by atoms with van der Waals surface area (Å²) in [7, 11) is 1.66. The van der Waals surface area contributed by atoms with Crippen LogP contribution in [0.2, 0.25) is 0 Å². The van der Waals surface area contributed by atoms with E-state index in [4.69, 9.17) is 9.47 Å². The van der Waals surface area contributed by atoms with Crippen molar-refractivity contribution < 1.29 is 33.4 Å². The minimum absolute atomic E-state index is 0.0913. The topological polar surface area (TPSA) is 146 Å². The summed E-state index contributed by atoms with van der Waals surface area (Å²) in [6.07, 6.45) is 2.99. The van der Waals surface area contributed by atoms with Crippen LogP contribution in [-0.2, 0) is 41.6 Å². The van der Waals surface area contributed by atoms with Gasteiger partial charge in [-0.05, 0) is 55.9 Å². The fourth-order valence-electron chi connectivity index (χ4n) is 6.30. The van der Waals surface area contributed by atoms with Crippen molar-refractivity contribution >= 4 is 29.5 Å². The van der Waals surface area contributed by atoms with E-state index >= 15 is 0 Å². The highest BCUT2D eigenvalue weighted by atomic mass is 16.5. The third-order valence-electron chi connectivity index (χ3n) is 8.94. The monoisotopic (exact) mass is 633 g/mol. The number of nitrogens with one attached hydrogen (secondary N) is 3. The molecule has 2 saturated heterocycles. The number of carbonyl (C=O) groups is 5. The number of carbonyl (C=O) groups excluding carboxylic acids is 5. The first-order valence-corrected chi connectivity index (χ1v) is 16.0. The van der Waals surface area contributed by atoms with Crippen LogP contribution in [0.3, 0.4) is 0 Å². The van der Waals surface area contributed by atoms with E-state index in [1.807, 2.05) is 30.3 Å². The Morgan fingerprint density at radius 3 is 2.30 bits per heavy atom. The normalized spacial score (nSPS) is 25.3. The number of fused-ring (bicyclic) bond motifs is 13. The van der Waals surface area contributed by atoms with E-state index < -0.39 is 41.9 Å². The Balaban J connectivity index is 1.38. The summed E-state index contributed by atoms with van der Waals surface area (Å²) in [6.45, 7) is 2.63. The molecule has 46 heavy (non-hydrogen) atoms. The fourth-order valence-corrected chi connectivity index (χ4v) is 6.30. The number of ether oxygens (including phenoxy) is 2. The van der Waals surface area contributed by atoms with Crippen molar-refractivity contribution in [1.29, 1.82) is 0 Å². The second-order valence-electron chi connectivity index (χ2n) is 12.2. The van der Waals surface area contributed by atoms with Crippen molar-refractivity contribution in [1.82, 2.24) is 25.8 Å². The van der Waals surface area contributed by atoms with E-state index in [9.17, 15) is 24.0 Å². The maximum Gasteiger partial charge on any atom is 0.258 e. The summed E-state index contributed by atoms with van der Waals surface area (Å²) < 4.78 is 11.2. The Morgan fingerprint density at radius 1 is 0.891 bits per heavy atom. The fraction of sp³-hybridized carbons (Fsp3) is 0.500. The smallest absolute Gasteiger partial charge is 0.258 e. The van der Waals surface area contributed by atoms with Crippen LogP contribution in [0.5, 0.6) is 5.75 Å². The molecule has 2 aromatic carbocycles. The summed E-state index contributed by atoms with van der Waals surface area (Å²) in [5.41, 5.74) is 1.64. The Kier molecular flexibility index (Phi) is 10.9. The predicted molar refractivity (Wildman–Crippen MR) is 169 cm³/mol. The number of hydrogen-bond acceptors (Lipinski definition) is 7. The summed E-state index contributed by atoms with van der Waals surface area (Å²) in [4.78, 5) is 70.7. The van der Waals surface area contributed by atoms with Gasteiger partial charge in [-0.15, -0.1) is 0 Å². The van der Waals surface area contributed by atoms with Crippen molar-refractivity contribution in [3.63, 3.8) is 0 Å². The van der Waals surface area contributed by atoms with Gasteiger partial charge in [0.25, 0.3) is 5.91 Å². The Labute approximate surface area is 269 Å². The van der Waals surface area contributed by atoms with Crippen LogP contribution in [0.25, 0.3) is 0 Å². The van der Waals surface area contributed by atoms with Gasteiger partial charge in [-0.25, -0.2) is 0 Å². The lowest BCUT2D eigenvalue weighted by Crippen LogP contribution is -2.58. The molecule has 2 bridgehead atoms. The average Bonchev–Trinajstić information content (AvgIpc) is 3.57. The van der Waals surface area contributed by atoms with Crippen LogP contribution in [0.15, 0.2) is 54.6 Å². The van der Waals surface area contributed by atoms with Crippen molar-refractivity contribution in [2.24, 2.45) is 0 Å². The molecule has 12 heteroatoms. The Morgan fingerprint density at radius 2 is 1.61 bits per heavy atom. The maximum atomic E-state index is 13.9. The first-order valence-electron chi connectivity index (χ1n) is 16.0. The first kappa shape index (κ1) is 32.9. The van der Waals surface area contributed by atoms with Gasteiger partial charge in [-0.3, -0.25) is 24.0 Å². The first-order chi connectivity index (χ1) is 22.2. The number of rotatable bonds is 4. The quantitative estimate of drug-likeness (QED) is 0.455. The van der Waals surface area contributed by atoms with Gasteiger partial charge in [0, 0.05) is 39.6 Å². The zero-order valence-corrected chi connectivity index (χ0v) is 26.4. The second kappa shape index (κ2) is 15.2.